The molecule has 1 aromatic carbocycles. The molecule has 1 aromatic heterocycles. The number of halogens is 2. The summed E-state index contributed by atoms with van der Waals surface area (Å²) in [5, 5.41) is 7.41. The van der Waals surface area contributed by atoms with Crippen LogP contribution in [0.15, 0.2) is 24.3 Å². The maximum Gasteiger partial charge on any atom is 0.271 e. The molecule has 1 N–H and O–H groups in total. The molecule has 0 radical (unpaired) electrons. The van der Waals surface area contributed by atoms with Gasteiger partial charge in [0.2, 0.25) is 0 Å². The molecule has 1 heterocycles. The van der Waals surface area contributed by atoms with E-state index >= 15 is 0 Å². The number of nitrogens with zero attached hydrogens (tertiary/aromatic N) is 2. The third-order valence-electron chi connectivity index (χ3n) is 3.18. The second kappa shape index (κ2) is 6.72. The summed E-state index contributed by atoms with van der Waals surface area (Å²) in [4.78, 5) is 12.2. The van der Waals surface area contributed by atoms with E-state index in [2.05, 4.69) is 10.4 Å². The van der Waals surface area contributed by atoms with Gasteiger partial charge in [0, 0.05) is 13.1 Å². The Morgan fingerprint density at radius 1 is 1.38 bits per heavy atom. The van der Waals surface area contributed by atoms with Crippen molar-refractivity contribution < 1.29 is 9.18 Å². The molecule has 0 fully saturated rings. The first kappa shape index (κ1) is 15.5. The molecule has 0 saturated heterocycles. The van der Waals surface area contributed by atoms with E-state index in [1.165, 1.54) is 12.1 Å². The number of amides is 1. The Hall–Kier alpha value is -1.88. The van der Waals surface area contributed by atoms with Crippen LogP contribution in [0.4, 0.5) is 4.39 Å². The number of rotatable bonds is 5. The van der Waals surface area contributed by atoms with Crippen LogP contribution in [0.3, 0.4) is 0 Å². The van der Waals surface area contributed by atoms with Crippen molar-refractivity contribution in [1.29, 1.82) is 0 Å². The molecular weight excluding hydrogens is 293 g/mol. The van der Waals surface area contributed by atoms with Crippen molar-refractivity contribution >= 4 is 17.5 Å². The second-order valence-electron chi connectivity index (χ2n) is 4.70. The second-order valence-corrected chi connectivity index (χ2v) is 5.07. The van der Waals surface area contributed by atoms with Crippen molar-refractivity contribution in [1.82, 2.24) is 15.1 Å². The van der Waals surface area contributed by atoms with Crippen molar-refractivity contribution in [2.24, 2.45) is 0 Å². The maximum absolute atomic E-state index is 12.8. The Morgan fingerprint density at radius 2 is 2.05 bits per heavy atom. The van der Waals surface area contributed by atoms with Crippen LogP contribution >= 0.6 is 11.6 Å². The summed E-state index contributed by atoms with van der Waals surface area (Å²) in [7, 11) is 0. The smallest absolute Gasteiger partial charge is 0.271 e. The van der Waals surface area contributed by atoms with Gasteiger partial charge in [0.25, 0.3) is 5.91 Å². The number of carbonyl (C=O) groups is 1. The van der Waals surface area contributed by atoms with Crippen LogP contribution in [0.1, 0.15) is 28.7 Å². The lowest BCUT2D eigenvalue weighted by molar-refractivity contribution is 0.0943. The van der Waals surface area contributed by atoms with Gasteiger partial charge in [-0.1, -0.05) is 23.7 Å². The number of hydrogen-bond donors (Lipinski definition) is 1. The van der Waals surface area contributed by atoms with Crippen LogP contribution in [-0.4, -0.2) is 22.2 Å². The average Bonchev–Trinajstić information content (AvgIpc) is 2.76. The Labute approximate surface area is 127 Å². The minimum atomic E-state index is -0.267. The number of aromatic nitrogens is 2. The summed E-state index contributed by atoms with van der Waals surface area (Å²) in [5.41, 5.74) is 1.99. The number of hydrogen-bond acceptors (Lipinski definition) is 2. The average molecular weight is 310 g/mol. The van der Waals surface area contributed by atoms with Gasteiger partial charge >= 0.3 is 0 Å². The minimum absolute atomic E-state index is 0.246. The molecule has 1 amide bonds. The highest BCUT2D eigenvalue weighted by Crippen LogP contribution is 2.20. The third-order valence-corrected chi connectivity index (χ3v) is 3.63. The van der Waals surface area contributed by atoms with E-state index in [0.717, 1.165) is 5.56 Å². The van der Waals surface area contributed by atoms with E-state index in [1.807, 2.05) is 6.92 Å². The number of nitrogens with one attached hydrogen (secondary N) is 1. The monoisotopic (exact) mass is 309 g/mol. The van der Waals surface area contributed by atoms with Gasteiger partial charge in [0.05, 0.1) is 10.7 Å². The first-order valence-electron chi connectivity index (χ1n) is 6.78. The van der Waals surface area contributed by atoms with Crippen LogP contribution in [-0.2, 0) is 13.0 Å². The van der Waals surface area contributed by atoms with Crippen molar-refractivity contribution in [3.63, 3.8) is 0 Å². The zero-order valence-electron chi connectivity index (χ0n) is 12.0. The van der Waals surface area contributed by atoms with Gasteiger partial charge < -0.3 is 5.32 Å². The highest BCUT2D eigenvalue weighted by molar-refractivity contribution is 6.34. The standard InChI is InChI=1S/C15H17ClFN3O/c1-3-20-14(13(16)10(2)19-20)15(21)18-9-8-11-4-6-12(17)7-5-11/h4-7H,3,8-9H2,1-2H3,(H,18,21). The Morgan fingerprint density at radius 3 is 2.67 bits per heavy atom. The lowest BCUT2D eigenvalue weighted by Crippen LogP contribution is -2.28. The Bertz CT molecular complexity index is 637. The molecule has 6 heteroatoms. The number of aryl methyl sites for hydroxylation is 2. The van der Waals surface area contributed by atoms with Crippen molar-refractivity contribution in [3.05, 3.63) is 52.1 Å². The molecule has 0 saturated carbocycles. The molecule has 21 heavy (non-hydrogen) atoms. The topological polar surface area (TPSA) is 46.9 Å². The summed E-state index contributed by atoms with van der Waals surface area (Å²) in [5.74, 6) is -0.513. The van der Waals surface area contributed by atoms with Crippen LogP contribution in [0, 0.1) is 12.7 Å². The summed E-state index contributed by atoms with van der Waals surface area (Å²) in [6, 6.07) is 6.22. The lowest BCUT2D eigenvalue weighted by atomic mass is 10.1. The summed E-state index contributed by atoms with van der Waals surface area (Å²) in [6.07, 6.45) is 0.628. The van der Waals surface area contributed by atoms with Crippen molar-refractivity contribution in [3.8, 4) is 0 Å². The van der Waals surface area contributed by atoms with Crippen LogP contribution in [0.2, 0.25) is 5.02 Å². The van der Waals surface area contributed by atoms with Gasteiger partial charge in [-0.25, -0.2) is 4.39 Å². The fraction of sp³-hybridized carbons (Fsp3) is 0.333. The molecule has 112 valence electrons. The molecule has 0 aliphatic carbocycles. The SMILES string of the molecule is CCn1nc(C)c(Cl)c1C(=O)NCCc1ccc(F)cc1. The molecule has 0 aliphatic rings. The first-order chi connectivity index (χ1) is 10.0. The Kier molecular flexibility index (Phi) is 4.96. The van der Waals surface area contributed by atoms with Crippen LogP contribution < -0.4 is 5.32 Å². The van der Waals surface area contributed by atoms with E-state index in [9.17, 15) is 9.18 Å². The van der Waals surface area contributed by atoms with Crippen LogP contribution in [0.5, 0.6) is 0 Å². The summed E-state index contributed by atoms with van der Waals surface area (Å²) in [6.45, 7) is 4.70. The van der Waals surface area contributed by atoms with E-state index in [-0.39, 0.29) is 11.7 Å². The maximum atomic E-state index is 12.8. The fourth-order valence-corrected chi connectivity index (χ4v) is 2.28. The zero-order valence-corrected chi connectivity index (χ0v) is 12.7. The fourth-order valence-electron chi connectivity index (χ4n) is 2.06. The van der Waals surface area contributed by atoms with Gasteiger partial charge in [-0.05, 0) is 38.0 Å². The molecular formula is C15H17ClFN3O. The molecule has 0 spiro atoms. The summed E-state index contributed by atoms with van der Waals surface area (Å²) >= 11 is 6.12. The highest BCUT2D eigenvalue weighted by atomic mass is 35.5. The molecule has 0 bridgehead atoms. The third kappa shape index (κ3) is 3.61. The quantitative estimate of drug-likeness (QED) is 0.923. The lowest BCUT2D eigenvalue weighted by Gasteiger charge is -2.07. The number of carbonyl (C=O) groups excluding carboxylic acids is 1. The molecule has 2 rings (SSSR count). The normalized spacial score (nSPS) is 10.7. The van der Waals surface area contributed by atoms with Gasteiger partial charge in [-0.15, -0.1) is 0 Å². The predicted octanol–water partition coefficient (Wildman–Crippen LogP) is 2.98. The zero-order chi connectivity index (χ0) is 15.4. The largest absolute Gasteiger partial charge is 0.350 e. The van der Waals surface area contributed by atoms with Gasteiger partial charge in [0.1, 0.15) is 11.5 Å². The van der Waals surface area contributed by atoms with Gasteiger partial charge in [-0.3, -0.25) is 9.48 Å². The van der Waals surface area contributed by atoms with E-state index in [1.54, 1.807) is 23.7 Å². The van der Waals surface area contributed by atoms with E-state index < -0.39 is 0 Å². The van der Waals surface area contributed by atoms with Gasteiger partial charge in [-0.2, -0.15) is 5.10 Å². The van der Waals surface area contributed by atoms with Crippen molar-refractivity contribution in [2.75, 3.05) is 6.54 Å². The molecule has 0 aliphatic heterocycles. The summed E-state index contributed by atoms with van der Waals surface area (Å²) < 4.78 is 14.4. The number of benzene rings is 1. The van der Waals surface area contributed by atoms with E-state index in [0.29, 0.717) is 35.9 Å². The molecule has 2 aromatic rings. The molecule has 0 atom stereocenters. The predicted molar refractivity (Wildman–Crippen MR) is 80.1 cm³/mol. The van der Waals surface area contributed by atoms with Crippen molar-refractivity contribution in [2.45, 2.75) is 26.8 Å². The highest BCUT2D eigenvalue weighted by Gasteiger charge is 2.19. The minimum Gasteiger partial charge on any atom is -0.350 e. The first-order valence-corrected chi connectivity index (χ1v) is 7.16. The molecule has 0 unspecified atom stereocenters. The van der Waals surface area contributed by atoms with Crippen LogP contribution in [0.25, 0.3) is 0 Å². The Balaban J connectivity index is 1.97. The van der Waals surface area contributed by atoms with Gasteiger partial charge in [0.15, 0.2) is 0 Å². The van der Waals surface area contributed by atoms with E-state index in [4.69, 9.17) is 11.6 Å². The molecule has 4 nitrogen and oxygen atoms in total.